The van der Waals surface area contributed by atoms with Crippen molar-refractivity contribution in [1.82, 2.24) is 5.32 Å². The SMILES string of the molecule is COC(=O)C1CC[NH+](CC(=O)N[C@H](C)c2cc(OC)ccc2OC)CC1. The van der Waals surface area contributed by atoms with Crippen LogP contribution in [0.15, 0.2) is 18.2 Å². The average molecular weight is 365 g/mol. The second-order valence-electron chi connectivity index (χ2n) is 6.62. The van der Waals surface area contributed by atoms with Crippen LogP contribution in [0.5, 0.6) is 11.5 Å². The third-order valence-electron chi connectivity index (χ3n) is 4.92. The van der Waals surface area contributed by atoms with Gasteiger partial charge in [-0.15, -0.1) is 0 Å². The molecule has 1 aliphatic rings. The number of carbonyl (C=O) groups excluding carboxylic acids is 2. The number of ether oxygens (including phenoxy) is 3. The van der Waals surface area contributed by atoms with Crippen molar-refractivity contribution >= 4 is 11.9 Å². The summed E-state index contributed by atoms with van der Waals surface area (Å²) in [6.07, 6.45) is 1.52. The summed E-state index contributed by atoms with van der Waals surface area (Å²) in [5.74, 6) is 1.23. The number of quaternary nitrogens is 1. The first-order chi connectivity index (χ1) is 12.5. The lowest BCUT2D eigenvalue weighted by molar-refractivity contribution is -0.897. The first kappa shape index (κ1) is 20.0. The Balaban J connectivity index is 1.89. The van der Waals surface area contributed by atoms with E-state index in [1.165, 1.54) is 12.0 Å². The normalized spacial score (nSPS) is 20.8. The molecule has 1 aromatic rings. The summed E-state index contributed by atoms with van der Waals surface area (Å²) in [4.78, 5) is 25.2. The van der Waals surface area contributed by atoms with Gasteiger partial charge in [0.05, 0.1) is 46.4 Å². The molecule has 0 radical (unpaired) electrons. The number of amides is 1. The van der Waals surface area contributed by atoms with Gasteiger partial charge in [0.2, 0.25) is 0 Å². The van der Waals surface area contributed by atoms with Gasteiger partial charge in [0.15, 0.2) is 6.54 Å². The molecule has 0 aliphatic carbocycles. The van der Waals surface area contributed by atoms with Gasteiger partial charge in [0, 0.05) is 18.4 Å². The molecule has 0 aromatic heterocycles. The second-order valence-corrected chi connectivity index (χ2v) is 6.62. The molecular weight excluding hydrogens is 336 g/mol. The fourth-order valence-corrected chi connectivity index (χ4v) is 3.38. The maximum atomic E-state index is 12.4. The topological polar surface area (TPSA) is 78.3 Å². The summed E-state index contributed by atoms with van der Waals surface area (Å²) in [5.41, 5.74) is 0.875. The number of methoxy groups -OCH3 is 3. The highest BCUT2D eigenvalue weighted by molar-refractivity contribution is 5.77. The molecule has 1 fully saturated rings. The second kappa shape index (κ2) is 9.43. The molecule has 1 saturated heterocycles. The molecule has 0 spiro atoms. The molecule has 2 rings (SSSR count). The van der Waals surface area contributed by atoms with E-state index < -0.39 is 0 Å². The number of likely N-dealkylation sites (tertiary alicyclic amines) is 1. The van der Waals surface area contributed by atoms with E-state index in [-0.39, 0.29) is 23.8 Å². The Hall–Kier alpha value is -2.28. The Morgan fingerprint density at radius 2 is 1.88 bits per heavy atom. The lowest BCUT2D eigenvalue weighted by atomic mass is 9.97. The van der Waals surface area contributed by atoms with Gasteiger partial charge in [-0.2, -0.15) is 0 Å². The molecule has 0 bridgehead atoms. The molecule has 1 aliphatic heterocycles. The van der Waals surface area contributed by atoms with Gasteiger partial charge in [0.1, 0.15) is 11.5 Å². The minimum Gasteiger partial charge on any atom is -0.497 e. The van der Waals surface area contributed by atoms with E-state index in [2.05, 4.69) is 5.32 Å². The number of nitrogens with one attached hydrogen (secondary N) is 2. The van der Waals surface area contributed by atoms with Crippen LogP contribution in [0.1, 0.15) is 31.4 Å². The Bertz CT molecular complexity index is 626. The highest BCUT2D eigenvalue weighted by atomic mass is 16.5. The van der Waals surface area contributed by atoms with Gasteiger partial charge in [-0.05, 0) is 25.1 Å². The van der Waals surface area contributed by atoms with Crippen LogP contribution in [0.4, 0.5) is 0 Å². The van der Waals surface area contributed by atoms with Crippen LogP contribution in [-0.4, -0.2) is 52.8 Å². The molecular formula is C19H29N2O5+. The van der Waals surface area contributed by atoms with Crippen LogP contribution in [0.25, 0.3) is 0 Å². The predicted octanol–water partition coefficient (Wildman–Crippen LogP) is 0.349. The molecule has 7 heteroatoms. The number of esters is 1. The number of rotatable bonds is 7. The molecule has 2 N–H and O–H groups in total. The molecule has 1 atom stereocenters. The van der Waals surface area contributed by atoms with Crippen LogP contribution in [-0.2, 0) is 14.3 Å². The minimum atomic E-state index is -0.195. The third-order valence-corrected chi connectivity index (χ3v) is 4.92. The van der Waals surface area contributed by atoms with Crippen molar-refractivity contribution in [2.24, 2.45) is 5.92 Å². The minimum absolute atomic E-state index is 0.0195. The molecule has 0 unspecified atom stereocenters. The monoisotopic (exact) mass is 365 g/mol. The Labute approximate surface area is 154 Å². The van der Waals surface area contributed by atoms with E-state index in [0.29, 0.717) is 12.3 Å². The van der Waals surface area contributed by atoms with E-state index in [9.17, 15) is 9.59 Å². The predicted molar refractivity (Wildman–Crippen MR) is 96.4 cm³/mol. The van der Waals surface area contributed by atoms with Gasteiger partial charge in [0.25, 0.3) is 5.91 Å². The van der Waals surface area contributed by atoms with Crippen molar-refractivity contribution < 1.29 is 28.7 Å². The highest BCUT2D eigenvalue weighted by Gasteiger charge is 2.29. The van der Waals surface area contributed by atoms with Crippen LogP contribution in [0.3, 0.4) is 0 Å². The summed E-state index contributed by atoms with van der Waals surface area (Å²) >= 11 is 0. The summed E-state index contributed by atoms with van der Waals surface area (Å²) in [6.45, 7) is 3.91. The fraction of sp³-hybridized carbons (Fsp3) is 0.579. The molecule has 0 saturated carbocycles. The number of hydrogen-bond donors (Lipinski definition) is 2. The molecule has 7 nitrogen and oxygen atoms in total. The smallest absolute Gasteiger partial charge is 0.309 e. The number of carbonyl (C=O) groups is 2. The Morgan fingerprint density at radius 1 is 1.19 bits per heavy atom. The van der Waals surface area contributed by atoms with Crippen LogP contribution < -0.4 is 19.7 Å². The van der Waals surface area contributed by atoms with E-state index in [4.69, 9.17) is 14.2 Å². The summed E-state index contributed by atoms with van der Waals surface area (Å²) < 4.78 is 15.4. The van der Waals surface area contributed by atoms with E-state index >= 15 is 0 Å². The maximum Gasteiger partial charge on any atom is 0.309 e. The number of benzene rings is 1. The first-order valence-electron chi connectivity index (χ1n) is 8.91. The van der Waals surface area contributed by atoms with E-state index in [0.717, 1.165) is 37.2 Å². The average Bonchev–Trinajstić information content (AvgIpc) is 2.67. The van der Waals surface area contributed by atoms with Crippen molar-refractivity contribution in [3.05, 3.63) is 23.8 Å². The molecule has 1 aromatic carbocycles. The van der Waals surface area contributed by atoms with Crippen LogP contribution in [0, 0.1) is 5.92 Å². The highest BCUT2D eigenvalue weighted by Crippen LogP contribution is 2.29. The summed E-state index contributed by atoms with van der Waals surface area (Å²) in [7, 11) is 4.63. The van der Waals surface area contributed by atoms with Crippen molar-refractivity contribution in [3.8, 4) is 11.5 Å². The molecule has 1 heterocycles. The van der Waals surface area contributed by atoms with Gasteiger partial charge in [-0.3, -0.25) is 9.59 Å². The third kappa shape index (κ3) is 5.11. The van der Waals surface area contributed by atoms with Crippen molar-refractivity contribution in [2.45, 2.75) is 25.8 Å². The van der Waals surface area contributed by atoms with Crippen LogP contribution in [0.2, 0.25) is 0 Å². The van der Waals surface area contributed by atoms with Crippen molar-refractivity contribution in [1.29, 1.82) is 0 Å². The van der Waals surface area contributed by atoms with Crippen molar-refractivity contribution in [2.75, 3.05) is 41.0 Å². The summed E-state index contributed by atoms with van der Waals surface area (Å²) in [6, 6.07) is 5.34. The van der Waals surface area contributed by atoms with Gasteiger partial charge >= 0.3 is 5.97 Å². The standard InChI is InChI=1S/C19H28N2O5/c1-13(16-11-15(24-2)5-6-17(16)25-3)20-18(22)12-21-9-7-14(8-10-21)19(23)26-4/h5-6,11,13-14H,7-10,12H2,1-4H3,(H,20,22)/p+1/t13-/m1/s1. The zero-order valence-corrected chi connectivity index (χ0v) is 16.0. The van der Waals surface area contributed by atoms with Crippen LogP contribution >= 0.6 is 0 Å². The number of piperidine rings is 1. The summed E-state index contributed by atoms with van der Waals surface area (Å²) in [5, 5.41) is 3.03. The largest absolute Gasteiger partial charge is 0.497 e. The fourth-order valence-electron chi connectivity index (χ4n) is 3.38. The van der Waals surface area contributed by atoms with E-state index in [1.807, 2.05) is 25.1 Å². The lowest BCUT2D eigenvalue weighted by Crippen LogP contribution is -3.14. The van der Waals surface area contributed by atoms with E-state index in [1.54, 1.807) is 14.2 Å². The molecule has 144 valence electrons. The zero-order valence-electron chi connectivity index (χ0n) is 16.0. The van der Waals surface area contributed by atoms with Gasteiger partial charge in [-0.25, -0.2) is 0 Å². The number of hydrogen-bond acceptors (Lipinski definition) is 5. The van der Waals surface area contributed by atoms with Crippen molar-refractivity contribution in [3.63, 3.8) is 0 Å². The quantitative estimate of drug-likeness (QED) is 0.682. The lowest BCUT2D eigenvalue weighted by Gasteiger charge is -2.28. The molecule has 26 heavy (non-hydrogen) atoms. The molecule has 1 amide bonds. The van der Waals surface area contributed by atoms with Gasteiger partial charge < -0.3 is 24.4 Å². The zero-order chi connectivity index (χ0) is 19.1. The maximum absolute atomic E-state index is 12.4. The van der Waals surface area contributed by atoms with Gasteiger partial charge in [-0.1, -0.05) is 0 Å². The Kier molecular flexibility index (Phi) is 7.26. The Morgan fingerprint density at radius 3 is 2.46 bits per heavy atom. The first-order valence-corrected chi connectivity index (χ1v) is 8.91.